The lowest BCUT2D eigenvalue weighted by atomic mass is 10.3. The number of fused-ring (bicyclic) bond motifs is 1. The lowest BCUT2D eigenvalue weighted by Gasteiger charge is -2.27. The number of nitrogens with zero attached hydrogens (tertiary/aromatic N) is 3. The van der Waals surface area contributed by atoms with Crippen LogP contribution in [0, 0.1) is 0 Å². The van der Waals surface area contributed by atoms with E-state index in [-0.39, 0.29) is 5.91 Å². The Morgan fingerprint density at radius 1 is 1.23 bits per heavy atom. The first-order valence-corrected chi connectivity index (χ1v) is 12.3. The summed E-state index contributed by atoms with van der Waals surface area (Å²) in [6.45, 7) is 5.10. The van der Waals surface area contributed by atoms with Crippen molar-refractivity contribution in [2.24, 2.45) is 0 Å². The highest BCUT2D eigenvalue weighted by molar-refractivity contribution is 8.00. The Bertz CT molecular complexity index is 990. The second-order valence-electron chi connectivity index (χ2n) is 7.28. The van der Waals surface area contributed by atoms with Gasteiger partial charge in [0.2, 0.25) is 5.91 Å². The minimum absolute atomic E-state index is 0.0850. The van der Waals surface area contributed by atoms with Crippen molar-refractivity contribution in [2.45, 2.75) is 11.3 Å². The van der Waals surface area contributed by atoms with Crippen LogP contribution in [0.15, 0.2) is 53.4 Å². The molecule has 2 aromatic carbocycles. The van der Waals surface area contributed by atoms with Crippen LogP contribution in [-0.2, 0) is 9.53 Å². The van der Waals surface area contributed by atoms with Gasteiger partial charge < -0.3 is 9.47 Å². The summed E-state index contributed by atoms with van der Waals surface area (Å²) in [6, 6.07) is 15.9. The summed E-state index contributed by atoms with van der Waals surface area (Å²) in [6.07, 6.45) is 0.904. The Morgan fingerprint density at radius 3 is 2.81 bits per heavy atom. The molecule has 1 aromatic heterocycles. The number of rotatable bonds is 9. The number of anilines is 1. The largest absolute Gasteiger partial charge is 0.497 e. The Hall–Kier alpha value is -2.13. The smallest absolute Gasteiger partial charge is 0.239 e. The van der Waals surface area contributed by atoms with E-state index in [1.54, 1.807) is 30.2 Å². The maximum absolute atomic E-state index is 13.2. The van der Waals surface area contributed by atoms with Gasteiger partial charge >= 0.3 is 0 Å². The summed E-state index contributed by atoms with van der Waals surface area (Å²) in [5, 5.41) is 0.754. The van der Waals surface area contributed by atoms with E-state index in [4.69, 9.17) is 14.5 Å². The molecular formula is C23H27N3O3S2. The van der Waals surface area contributed by atoms with Crippen molar-refractivity contribution in [3.8, 4) is 5.75 Å². The Balaban J connectivity index is 1.47. The van der Waals surface area contributed by atoms with Crippen molar-refractivity contribution in [1.82, 2.24) is 9.88 Å². The minimum Gasteiger partial charge on any atom is -0.497 e. The number of hydrogen-bond donors (Lipinski definition) is 0. The molecule has 1 fully saturated rings. The van der Waals surface area contributed by atoms with Gasteiger partial charge in [0.05, 0.1) is 36.3 Å². The Labute approximate surface area is 191 Å². The predicted molar refractivity (Wildman–Crippen MR) is 128 cm³/mol. The van der Waals surface area contributed by atoms with Crippen molar-refractivity contribution in [3.05, 3.63) is 48.5 Å². The van der Waals surface area contributed by atoms with E-state index >= 15 is 0 Å². The first-order valence-electron chi connectivity index (χ1n) is 10.5. The third-order valence-corrected chi connectivity index (χ3v) is 7.22. The highest BCUT2D eigenvalue weighted by Gasteiger charge is 2.21. The van der Waals surface area contributed by atoms with E-state index in [0.717, 1.165) is 65.3 Å². The summed E-state index contributed by atoms with van der Waals surface area (Å²) in [5.41, 5.74) is 0.891. The fourth-order valence-electron chi connectivity index (χ4n) is 3.48. The fourth-order valence-corrected chi connectivity index (χ4v) is 5.31. The fraction of sp³-hybridized carbons (Fsp3) is 0.391. The van der Waals surface area contributed by atoms with Crippen LogP contribution in [0.2, 0.25) is 0 Å². The first-order chi connectivity index (χ1) is 15.2. The number of carbonyl (C=O) groups excluding carboxylic acids is 1. The van der Waals surface area contributed by atoms with E-state index in [1.165, 1.54) is 0 Å². The molecule has 1 aliphatic heterocycles. The van der Waals surface area contributed by atoms with Crippen molar-refractivity contribution < 1.29 is 14.3 Å². The molecule has 0 radical (unpaired) electrons. The molecule has 0 spiro atoms. The lowest BCUT2D eigenvalue weighted by molar-refractivity contribution is -0.116. The van der Waals surface area contributed by atoms with Gasteiger partial charge in [0.15, 0.2) is 5.13 Å². The van der Waals surface area contributed by atoms with Crippen LogP contribution < -0.4 is 9.64 Å². The van der Waals surface area contributed by atoms with Crippen LogP contribution in [0.3, 0.4) is 0 Å². The number of thioether (sulfide) groups is 1. The third-order valence-electron chi connectivity index (χ3n) is 5.18. The number of morpholine rings is 1. The monoisotopic (exact) mass is 457 g/mol. The van der Waals surface area contributed by atoms with Gasteiger partial charge in [0.1, 0.15) is 5.75 Å². The summed E-state index contributed by atoms with van der Waals surface area (Å²) in [4.78, 5) is 23.3. The number of methoxy groups -OCH3 is 1. The zero-order valence-corrected chi connectivity index (χ0v) is 19.3. The van der Waals surface area contributed by atoms with Crippen molar-refractivity contribution in [1.29, 1.82) is 0 Å². The number of aromatic nitrogens is 1. The molecule has 4 rings (SSSR count). The van der Waals surface area contributed by atoms with Gasteiger partial charge in [-0.15, -0.1) is 11.8 Å². The maximum atomic E-state index is 13.2. The molecule has 8 heteroatoms. The normalized spacial score (nSPS) is 14.6. The third kappa shape index (κ3) is 5.98. The van der Waals surface area contributed by atoms with Crippen LogP contribution in [0.25, 0.3) is 10.2 Å². The summed E-state index contributed by atoms with van der Waals surface area (Å²) in [5.74, 6) is 1.27. The molecule has 1 amide bonds. The van der Waals surface area contributed by atoms with Crippen LogP contribution in [-0.4, -0.2) is 68.0 Å². The number of hydrogen-bond acceptors (Lipinski definition) is 7. The molecule has 3 aromatic rings. The highest BCUT2D eigenvalue weighted by atomic mass is 32.2. The summed E-state index contributed by atoms with van der Waals surface area (Å²) >= 11 is 3.11. The topological polar surface area (TPSA) is 54.9 Å². The molecule has 1 aliphatic rings. The van der Waals surface area contributed by atoms with Crippen molar-refractivity contribution in [3.63, 3.8) is 0 Å². The number of ether oxygens (including phenoxy) is 2. The van der Waals surface area contributed by atoms with Gasteiger partial charge in [-0.25, -0.2) is 4.98 Å². The van der Waals surface area contributed by atoms with Crippen LogP contribution in [0.5, 0.6) is 5.75 Å². The average Bonchev–Trinajstić information content (AvgIpc) is 3.24. The molecule has 2 heterocycles. The first kappa shape index (κ1) is 22.1. The van der Waals surface area contributed by atoms with Gasteiger partial charge in [-0.3, -0.25) is 14.6 Å². The number of carbonyl (C=O) groups is 1. The molecule has 6 nitrogen and oxygen atoms in total. The second kappa shape index (κ2) is 10.9. The SMILES string of the molecule is COc1ccc2nc(N(CCCN3CCOCC3)C(=O)CSc3ccccc3)sc2c1. The molecule has 0 atom stereocenters. The molecule has 1 saturated heterocycles. The number of amides is 1. The molecule has 31 heavy (non-hydrogen) atoms. The molecule has 0 N–H and O–H groups in total. The molecule has 0 unspecified atom stereocenters. The lowest BCUT2D eigenvalue weighted by Crippen LogP contribution is -2.39. The number of benzene rings is 2. The van der Waals surface area contributed by atoms with Gasteiger partial charge in [-0.1, -0.05) is 29.5 Å². The van der Waals surface area contributed by atoms with Crippen LogP contribution in [0.1, 0.15) is 6.42 Å². The molecule has 164 valence electrons. The van der Waals surface area contributed by atoms with E-state index in [1.807, 2.05) is 53.4 Å². The standard InChI is InChI=1S/C23H27N3O3S2/c1-28-18-8-9-20-21(16-18)31-23(24-20)26(11-5-10-25-12-14-29-15-13-25)22(27)17-30-19-6-3-2-4-7-19/h2-4,6-9,16H,5,10-15,17H2,1H3. The van der Waals surface area contributed by atoms with E-state index in [0.29, 0.717) is 12.3 Å². The predicted octanol–water partition coefficient (Wildman–Crippen LogP) is 4.15. The van der Waals surface area contributed by atoms with E-state index in [9.17, 15) is 4.79 Å². The minimum atomic E-state index is 0.0850. The van der Waals surface area contributed by atoms with Gasteiger partial charge in [0, 0.05) is 31.1 Å². The molecular weight excluding hydrogens is 430 g/mol. The molecule has 0 saturated carbocycles. The highest BCUT2D eigenvalue weighted by Crippen LogP contribution is 2.32. The maximum Gasteiger partial charge on any atom is 0.239 e. The Morgan fingerprint density at radius 2 is 2.03 bits per heavy atom. The van der Waals surface area contributed by atoms with Gasteiger partial charge in [-0.2, -0.15) is 0 Å². The molecule has 0 aliphatic carbocycles. The van der Waals surface area contributed by atoms with Gasteiger partial charge in [-0.05, 0) is 36.8 Å². The number of thiazole rings is 1. The Kier molecular flexibility index (Phi) is 7.80. The van der Waals surface area contributed by atoms with Crippen LogP contribution >= 0.6 is 23.1 Å². The van der Waals surface area contributed by atoms with E-state index < -0.39 is 0 Å². The van der Waals surface area contributed by atoms with E-state index in [2.05, 4.69) is 4.90 Å². The van der Waals surface area contributed by atoms with Crippen LogP contribution in [0.4, 0.5) is 5.13 Å². The quantitative estimate of drug-likeness (QED) is 0.450. The zero-order valence-electron chi connectivity index (χ0n) is 17.7. The molecule has 0 bridgehead atoms. The summed E-state index contributed by atoms with van der Waals surface area (Å²) < 4.78 is 11.8. The second-order valence-corrected chi connectivity index (χ2v) is 9.34. The summed E-state index contributed by atoms with van der Waals surface area (Å²) in [7, 11) is 1.66. The van der Waals surface area contributed by atoms with Crippen molar-refractivity contribution >= 4 is 44.4 Å². The van der Waals surface area contributed by atoms with Gasteiger partial charge in [0.25, 0.3) is 0 Å². The zero-order chi connectivity index (χ0) is 21.5. The van der Waals surface area contributed by atoms with Crippen molar-refractivity contribution in [2.75, 3.05) is 57.2 Å². The average molecular weight is 458 g/mol.